The Kier molecular flexibility index (Phi) is 11.4. The van der Waals surface area contributed by atoms with Crippen LogP contribution in [0.4, 0.5) is 0 Å². The minimum absolute atomic E-state index is 0. The van der Waals surface area contributed by atoms with Gasteiger partial charge >= 0.3 is 0 Å². The molecular weight excluding hydrogens is 332 g/mol. The fraction of sp³-hybridized carbons (Fsp3) is 0.812. The first-order valence-electron chi connectivity index (χ1n) is 8.42. The van der Waals surface area contributed by atoms with Crippen molar-refractivity contribution in [2.24, 2.45) is 5.73 Å². The molecule has 8 heteroatoms. The van der Waals surface area contributed by atoms with Crippen LogP contribution in [0.2, 0.25) is 0 Å². The second kappa shape index (κ2) is 12.1. The lowest BCUT2D eigenvalue weighted by Crippen LogP contribution is -2.49. The van der Waals surface area contributed by atoms with E-state index in [-0.39, 0.29) is 36.2 Å². The highest BCUT2D eigenvalue weighted by molar-refractivity contribution is 5.85. The van der Waals surface area contributed by atoms with Gasteiger partial charge in [-0.2, -0.15) is 0 Å². The summed E-state index contributed by atoms with van der Waals surface area (Å²) in [6.07, 6.45) is 4.63. The van der Waals surface area contributed by atoms with Crippen molar-refractivity contribution >= 4 is 30.1 Å². The summed E-state index contributed by atoms with van der Waals surface area (Å²) in [5.74, 6) is 0.0541. The molecule has 0 aromatic heterocycles. The Morgan fingerprint density at radius 2 is 1.88 bits per heavy atom. The van der Waals surface area contributed by atoms with Gasteiger partial charge in [-0.15, -0.1) is 12.4 Å². The molecule has 3 N–H and O–H groups in total. The SMILES string of the molecule is CN(C)C(=O)CCCC(=O)N1CCCCC1CNC(=O)CCN.Cl. The largest absolute Gasteiger partial charge is 0.354 e. The standard InChI is InChI=1S/C16H30N4O3.ClH/c1-19(2)15(22)7-5-8-16(23)20-11-4-3-6-13(20)12-18-14(21)9-10-17;/h13H,3-12,17H2,1-2H3,(H,18,21);1H. The molecule has 1 fully saturated rings. The third-order valence-corrected chi connectivity index (χ3v) is 4.13. The van der Waals surface area contributed by atoms with Crippen LogP contribution in [0.5, 0.6) is 0 Å². The molecule has 24 heavy (non-hydrogen) atoms. The normalized spacial score (nSPS) is 17.0. The highest BCUT2D eigenvalue weighted by Crippen LogP contribution is 2.18. The van der Waals surface area contributed by atoms with Crippen LogP contribution >= 0.6 is 12.4 Å². The first kappa shape index (κ1) is 22.7. The average Bonchev–Trinajstić information content (AvgIpc) is 2.53. The summed E-state index contributed by atoms with van der Waals surface area (Å²) in [4.78, 5) is 38.9. The zero-order valence-corrected chi connectivity index (χ0v) is 15.6. The quantitative estimate of drug-likeness (QED) is 0.657. The van der Waals surface area contributed by atoms with Gasteiger partial charge in [0.2, 0.25) is 17.7 Å². The molecule has 1 saturated heterocycles. The summed E-state index contributed by atoms with van der Waals surface area (Å²) in [6, 6.07) is 0.0579. The number of halogens is 1. The third-order valence-electron chi connectivity index (χ3n) is 4.13. The number of rotatable bonds is 8. The van der Waals surface area contributed by atoms with Crippen molar-refractivity contribution < 1.29 is 14.4 Å². The van der Waals surface area contributed by atoms with Crippen molar-refractivity contribution in [1.82, 2.24) is 15.1 Å². The second-order valence-electron chi connectivity index (χ2n) is 6.22. The number of amides is 3. The van der Waals surface area contributed by atoms with Crippen molar-refractivity contribution in [3.63, 3.8) is 0 Å². The zero-order chi connectivity index (χ0) is 17.2. The Bertz CT molecular complexity index is 418. The van der Waals surface area contributed by atoms with Crippen LogP contribution in [0.25, 0.3) is 0 Å². The van der Waals surface area contributed by atoms with E-state index in [0.717, 1.165) is 25.8 Å². The summed E-state index contributed by atoms with van der Waals surface area (Å²) in [6.45, 7) is 1.55. The molecule has 1 unspecified atom stereocenters. The molecule has 1 rings (SSSR count). The second-order valence-corrected chi connectivity index (χ2v) is 6.22. The highest BCUT2D eigenvalue weighted by atomic mass is 35.5. The zero-order valence-electron chi connectivity index (χ0n) is 14.8. The molecule has 0 radical (unpaired) electrons. The number of hydrogen-bond donors (Lipinski definition) is 2. The van der Waals surface area contributed by atoms with Crippen LogP contribution in [-0.2, 0) is 14.4 Å². The fourth-order valence-electron chi connectivity index (χ4n) is 2.75. The van der Waals surface area contributed by atoms with Crippen LogP contribution in [0.1, 0.15) is 44.9 Å². The van der Waals surface area contributed by atoms with Crippen molar-refractivity contribution in [3.8, 4) is 0 Å². The Labute approximate surface area is 150 Å². The minimum Gasteiger partial charge on any atom is -0.354 e. The van der Waals surface area contributed by atoms with Gasteiger partial charge in [0.15, 0.2) is 0 Å². The molecule has 0 saturated carbocycles. The number of nitrogens with one attached hydrogen (secondary N) is 1. The number of carbonyl (C=O) groups is 3. The summed E-state index contributed by atoms with van der Waals surface area (Å²) in [7, 11) is 3.43. The first-order valence-corrected chi connectivity index (χ1v) is 8.42. The number of nitrogens with two attached hydrogens (primary N) is 1. The van der Waals surface area contributed by atoms with Crippen LogP contribution < -0.4 is 11.1 Å². The third kappa shape index (κ3) is 7.97. The van der Waals surface area contributed by atoms with E-state index in [2.05, 4.69) is 5.32 Å². The maximum Gasteiger partial charge on any atom is 0.222 e. The molecule has 1 aliphatic heterocycles. The van der Waals surface area contributed by atoms with E-state index < -0.39 is 0 Å². The summed E-state index contributed by atoms with van der Waals surface area (Å²) in [5, 5.41) is 2.85. The monoisotopic (exact) mass is 362 g/mol. The summed E-state index contributed by atoms with van der Waals surface area (Å²) < 4.78 is 0. The molecule has 3 amide bonds. The topological polar surface area (TPSA) is 95.7 Å². The van der Waals surface area contributed by atoms with Gasteiger partial charge in [-0.05, 0) is 25.7 Å². The first-order chi connectivity index (χ1) is 11.0. The van der Waals surface area contributed by atoms with E-state index in [1.807, 2.05) is 4.90 Å². The average molecular weight is 363 g/mol. The van der Waals surface area contributed by atoms with Gasteiger partial charge in [-0.3, -0.25) is 14.4 Å². The predicted molar refractivity (Wildman–Crippen MR) is 95.8 cm³/mol. The van der Waals surface area contributed by atoms with Crippen molar-refractivity contribution in [2.45, 2.75) is 51.0 Å². The maximum atomic E-state index is 12.4. The minimum atomic E-state index is -0.0675. The Hall–Kier alpha value is -1.34. The summed E-state index contributed by atoms with van der Waals surface area (Å²) in [5.41, 5.74) is 5.36. The van der Waals surface area contributed by atoms with E-state index in [0.29, 0.717) is 38.8 Å². The molecule has 0 spiro atoms. The lowest BCUT2D eigenvalue weighted by atomic mass is 10.0. The molecule has 7 nitrogen and oxygen atoms in total. The predicted octanol–water partition coefficient (Wildman–Crippen LogP) is 0.513. The smallest absolute Gasteiger partial charge is 0.222 e. The lowest BCUT2D eigenvalue weighted by Gasteiger charge is -2.36. The molecule has 0 aromatic carbocycles. The molecule has 1 heterocycles. The fourth-order valence-corrected chi connectivity index (χ4v) is 2.75. The lowest BCUT2D eigenvalue weighted by molar-refractivity contribution is -0.136. The van der Waals surface area contributed by atoms with Crippen molar-refractivity contribution in [2.75, 3.05) is 33.7 Å². The number of carbonyl (C=O) groups excluding carboxylic acids is 3. The Morgan fingerprint density at radius 1 is 1.17 bits per heavy atom. The van der Waals surface area contributed by atoms with E-state index in [4.69, 9.17) is 5.73 Å². The van der Waals surface area contributed by atoms with E-state index in [9.17, 15) is 14.4 Å². The van der Waals surface area contributed by atoms with E-state index in [1.54, 1.807) is 19.0 Å². The van der Waals surface area contributed by atoms with Crippen LogP contribution in [0.15, 0.2) is 0 Å². The van der Waals surface area contributed by atoms with E-state index in [1.165, 1.54) is 0 Å². The molecule has 1 atom stereocenters. The van der Waals surface area contributed by atoms with Gasteiger partial charge in [-0.25, -0.2) is 0 Å². The van der Waals surface area contributed by atoms with Gasteiger partial charge in [0.25, 0.3) is 0 Å². The van der Waals surface area contributed by atoms with Gasteiger partial charge in [0, 0.05) is 59.0 Å². The highest BCUT2D eigenvalue weighted by Gasteiger charge is 2.26. The molecule has 0 aliphatic carbocycles. The van der Waals surface area contributed by atoms with E-state index >= 15 is 0 Å². The van der Waals surface area contributed by atoms with Gasteiger partial charge in [0.1, 0.15) is 0 Å². The number of likely N-dealkylation sites (tertiary alicyclic amines) is 1. The van der Waals surface area contributed by atoms with Crippen molar-refractivity contribution in [3.05, 3.63) is 0 Å². The number of hydrogen-bond acceptors (Lipinski definition) is 4. The summed E-state index contributed by atoms with van der Waals surface area (Å²) >= 11 is 0. The van der Waals surface area contributed by atoms with Crippen LogP contribution in [-0.4, -0.2) is 67.3 Å². The Morgan fingerprint density at radius 3 is 2.50 bits per heavy atom. The number of nitrogens with zero attached hydrogens (tertiary/aromatic N) is 2. The molecular formula is C16H31ClN4O3. The van der Waals surface area contributed by atoms with Crippen molar-refractivity contribution in [1.29, 1.82) is 0 Å². The van der Waals surface area contributed by atoms with Gasteiger partial charge in [0.05, 0.1) is 0 Å². The molecule has 0 aromatic rings. The number of piperidine rings is 1. The Balaban J connectivity index is 0.00000529. The molecule has 1 aliphatic rings. The molecule has 140 valence electrons. The molecule has 0 bridgehead atoms. The van der Waals surface area contributed by atoms with Crippen LogP contribution in [0, 0.1) is 0 Å². The van der Waals surface area contributed by atoms with Gasteiger partial charge < -0.3 is 20.9 Å². The maximum absolute atomic E-state index is 12.4. The van der Waals surface area contributed by atoms with Gasteiger partial charge in [-0.1, -0.05) is 0 Å². The van der Waals surface area contributed by atoms with Crippen LogP contribution in [0.3, 0.4) is 0 Å².